The fraction of sp³-hybridized carbons (Fsp3) is 0.0667. The number of amidine groups is 1. The fourth-order valence-electron chi connectivity index (χ4n) is 3.72. The highest BCUT2D eigenvalue weighted by Gasteiger charge is 2.33. The molecule has 0 aromatic heterocycles. The Morgan fingerprint density at radius 3 is 2.14 bits per heavy atom. The largest absolute Gasteiger partial charge is 0.488 e. The van der Waals surface area contributed by atoms with Gasteiger partial charge in [0, 0.05) is 0 Å². The first kappa shape index (κ1) is 24.1. The van der Waals surface area contributed by atoms with Crippen molar-refractivity contribution in [2.75, 3.05) is 0 Å². The summed E-state index contributed by atoms with van der Waals surface area (Å²) in [5, 5.41) is 0.670. The van der Waals surface area contributed by atoms with Crippen molar-refractivity contribution in [1.29, 1.82) is 0 Å². The fourth-order valence-corrected chi connectivity index (χ4v) is 5.23. The molecule has 5 rings (SSSR count). The lowest BCUT2D eigenvalue weighted by Gasteiger charge is -2.15. The van der Waals surface area contributed by atoms with Gasteiger partial charge in [-0.25, -0.2) is 4.99 Å². The van der Waals surface area contributed by atoms with E-state index in [1.54, 1.807) is 4.90 Å². The summed E-state index contributed by atoms with van der Waals surface area (Å²) in [5.74, 6) is 0.697. The standard InChI is InChI=1S/C30H23BrN2O2S/c31-26-18-24(16-17-27(26)35-21-23-12-6-2-7-13-23)19-28-29(34)33(20-22-10-4-1-5-11-22)30(36-28)32-25-14-8-3-9-15-25/h1-19H,20-21H2. The Kier molecular flexibility index (Phi) is 7.64. The van der Waals surface area contributed by atoms with Gasteiger partial charge in [0.25, 0.3) is 5.91 Å². The van der Waals surface area contributed by atoms with Gasteiger partial charge in [-0.2, -0.15) is 0 Å². The predicted octanol–water partition coefficient (Wildman–Crippen LogP) is 7.83. The molecule has 0 aliphatic carbocycles. The van der Waals surface area contributed by atoms with Gasteiger partial charge in [-0.05, 0) is 74.7 Å². The Hall–Kier alpha value is -3.61. The molecular weight excluding hydrogens is 532 g/mol. The van der Waals surface area contributed by atoms with E-state index in [-0.39, 0.29) is 5.91 Å². The number of benzene rings is 4. The van der Waals surface area contributed by atoms with Crippen molar-refractivity contribution in [1.82, 2.24) is 4.90 Å². The van der Waals surface area contributed by atoms with E-state index >= 15 is 0 Å². The smallest absolute Gasteiger partial charge is 0.267 e. The highest BCUT2D eigenvalue weighted by atomic mass is 79.9. The number of amides is 1. The van der Waals surface area contributed by atoms with Crippen LogP contribution < -0.4 is 4.74 Å². The number of carbonyl (C=O) groups excluding carboxylic acids is 1. The van der Waals surface area contributed by atoms with E-state index in [0.29, 0.717) is 23.2 Å². The maximum atomic E-state index is 13.4. The van der Waals surface area contributed by atoms with Crippen LogP contribution >= 0.6 is 27.7 Å². The molecule has 0 unspecified atom stereocenters. The van der Waals surface area contributed by atoms with Crippen LogP contribution in [0, 0.1) is 0 Å². The highest BCUT2D eigenvalue weighted by Crippen LogP contribution is 2.36. The first-order valence-corrected chi connectivity index (χ1v) is 13.1. The average molecular weight is 555 g/mol. The maximum absolute atomic E-state index is 13.4. The molecule has 36 heavy (non-hydrogen) atoms. The van der Waals surface area contributed by atoms with E-state index in [0.717, 1.165) is 32.6 Å². The van der Waals surface area contributed by atoms with Crippen LogP contribution in [0.15, 0.2) is 124 Å². The molecule has 1 amide bonds. The maximum Gasteiger partial charge on any atom is 0.267 e. The summed E-state index contributed by atoms with van der Waals surface area (Å²) in [5.41, 5.74) is 3.88. The van der Waals surface area contributed by atoms with Crippen LogP contribution in [0.4, 0.5) is 5.69 Å². The molecule has 1 aliphatic heterocycles. The van der Waals surface area contributed by atoms with Gasteiger partial charge in [0.05, 0.1) is 21.6 Å². The Morgan fingerprint density at radius 1 is 0.833 bits per heavy atom. The minimum Gasteiger partial charge on any atom is -0.488 e. The molecule has 4 aromatic carbocycles. The summed E-state index contributed by atoms with van der Waals surface area (Å²) in [7, 11) is 0. The van der Waals surface area contributed by atoms with Crippen LogP contribution in [-0.2, 0) is 17.9 Å². The van der Waals surface area contributed by atoms with E-state index in [1.165, 1.54) is 11.8 Å². The third kappa shape index (κ3) is 5.96. The minimum absolute atomic E-state index is 0.0564. The lowest BCUT2D eigenvalue weighted by atomic mass is 10.2. The number of rotatable bonds is 7. The molecule has 4 aromatic rings. The van der Waals surface area contributed by atoms with Crippen LogP contribution in [0.3, 0.4) is 0 Å². The van der Waals surface area contributed by atoms with Gasteiger partial charge >= 0.3 is 0 Å². The van der Waals surface area contributed by atoms with Crippen molar-refractivity contribution in [2.24, 2.45) is 4.99 Å². The van der Waals surface area contributed by atoms with Gasteiger partial charge in [0.2, 0.25) is 0 Å². The number of para-hydroxylation sites is 1. The number of nitrogens with zero attached hydrogens (tertiary/aromatic N) is 2. The van der Waals surface area contributed by atoms with E-state index in [2.05, 4.69) is 15.9 Å². The summed E-state index contributed by atoms with van der Waals surface area (Å²) < 4.78 is 6.80. The second-order valence-corrected chi connectivity index (χ2v) is 10.0. The summed E-state index contributed by atoms with van der Waals surface area (Å²) in [6.07, 6.45) is 1.91. The van der Waals surface area contributed by atoms with Crippen LogP contribution in [-0.4, -0.2) is 16.0 Å². The molecule has 0 radical (unpaired) electrons. The van der Waals surface area contributed by atoms with Crippen molar-refractivity contribution in [3.8, 4) is 5.75 Å². The van der Waals surface area contributed by atoms with Crippen LogP contribution in [0.1, 0.15) is 16.7 Å². The van der Waals surface area contributed by atoms with Gasteiger partial charge in [-0.15, -0.1) is 0 Å². The summed E-state index contributed by atoms with van der Waals surface area (Å²) in [4.78, 5) is 20.6. The molecule has 0 atom stereocenters. The van der Waals surface area contributed by atoms with Crippen molar-refractivity contribution in [3.63, 3.8) is 0 Å². The first-order chi connectivity index (χ1) is 17.7. The van der Waals surface area contributed by atoms with E-state index in [1.807, 2.05) is 115 Å². The van der Waals surface area contributed by atoms with Gasteiger partial charge in [0.15, 0.2) is 5.17 Å². The Balaban J connectivity index is 1.38. The van der Waals surface area contributed by atoms with Crippen molar-refractivity contribution >= 4 is 50.5 Å². The number of halogens is 1. The lowest BCUT2D eigenvalue weighted by Crippen LogP contribution is -2.28. The molecule has 0 N–H and O–H groups in total. The van der Waals surface area contributed by atoms with Crippen LogP contribution in [0.25, 0.3) is 6.08 Å². The molecule has 1 heterocycles. The topological polar surface area (TPSA) is 41.9 Å². The SMILES string of the molecule is O=C1C(=Cc2ccc(OCc3ccccc3)c(Br)c2)SC(=Nc2ccccc2)N1Cc1ccccc1. The second kappa shape index (κ2) is 11.4. The minimum atomic E-state index is -0.0564. The molecule has 0 bridgehead atoms. The van der Waals surface area contributed by atoms with Gasteiger partial charge < -0.3 is 4.74 Å². The van der Waals surface area contributed by atoms with Gasteiger partial charge in [-0.1, -0.05) is 84.9 Å². The predicted molar refractivity (Wildman–Crippen MR) is 151 cm³/mol. The number of hydrogen-bond acceptors (Lipinski definition) is 4. The van der Waals surface area contributed by atoms with Crippen LogP contribution in [0.5, 0.6) is 5.75 Å². The second-order valence-electron chi connectivity index (χ2n) is 8.18. The van der Waals surface area contributed by atoms with E-state index < -0.39 is 0 Å². The highest BCUT2D eigenvalue weighted by molar-refractivity contribution is 9.10. The molecule has 1 saturated heterocycles. The quantitative estimate of drug-likeness (QED) is 0.218. The Bertz CT molecular complexity index is 1410. The van der Waals surface area contributed by atoms with Gasteiger partial charge in [0.1, 0.15) is 12.4 Å². The zero-order valence-corrected chi connectivity index (χ0v) is 21.8. The molecule has 6 heteroatoms. The van der Waals surface area contributed by atoms with E-state index in [4.69, 9.17) is 9.73 Å². The van der Waals surface area contributed by atoms with Gasteiger partial charge in [-0.3, -0.25) is 9.69 Å². The molecule has 1 aliphatic rings. The van der Waals surface area contributed by atoms with E-state index in [9.17, 15) is 4.79 Å². The summed E-state index contributed by atoms with van der Waals surface area (Å²) >= 11 is 5.01. The zero-order valence-electron chi connectivity index (χ0n) is 19.4. The summed E-state index contributed by atoms with van der Waals surface area (Å²) in [6, 6.07) is 35.6. The molecule has 178 valence electrons. The van der Waals surface area contributed by atoms with Crippen molar-refractivity contribution in [2.45, 2.75) is 13.2 Å². The molecule has 0 spiro atoms. The number of hydrogen-bond donors (Lipinski definition) is 0. The summed E-state index contributed by atoms with van der Waals surface area (Å²) in [6.45, 7) is 0.952. The molecule has 4 nitrogen and oxygen atoms in total. The lowest BCUT2D eigenvalue weighted by molar-refractivity contribution is -0.122. The molecule has 0 saturated carbocycles. The van der Waals surface area contributed by atoms with Crippen molar-refractivity contribution < 1.29 is 9.53 Å². The third-order valence-corrected chi connectivity index (χ3v) is 7.17. The number of thioether (sulfide) groups is 1. The normalized spacial score (nSPS) is 15.6. The number of carbonyl (C=O) groups is 1. The molecule has 1 fully saturated rings. The Morgan fingerprint density at radius 2 is 1.47 bits per heavy atom. The average Bonchev–Trinajstić information content (AvgIpc) is 3.19. The third-order valence-electron chi connectivity index (χ3n) is 5.54. The monoisotopic (exact) mass is 554 g/mol. The zero-order chi connectivity index (χ0) is 24.7. The number of aliphatic imine (C=N–C) groups is 1. The molecular formula is C30H23BrN2O2S. The Labute approximate surface area is 223 Å². The van der Waals surface area contributed by atoms with Crippen LogP contribution in [0.2, 0.25) is 0 Å². The van der Waals surface area contributed by atoms with Crippen molar-refractivity contribution in [3.05, 3.63) is 135 Å². The first-order valence-electron chi connectivity index (χ1n) is 11.5. The number of ether oxygens (including phenoxy) is 1.